The second kappa shape index (κ2) is 8.55. The Morgan fingerprint density at radius 3 is 2.62 bits per heavy atom. The zero-order chi connectivity index (χ0) is 23.2. The predicted molar refractivity (Wildman–Crippen MR) is 138 cm³/mol. The van der Waals surface area contributed by atoms with Crippen LogP contribution < -0.4 is 10.5 Å². The van der Waals surface area contributed by atoms with Gasteiger partial charge in [0.15, 0.2) is 0 Å². The van der Waals surface area contributed by atoms with Crippen molar-refractivity contribution in [3.63, 3.8) is 0 Å². The maximum atomic E-state index is 13.2. The van der Waals surface area contributed by atoms with E-state index in [4.69, 9.17) is 4.98 Å². The standard InChI is InChI=1S/C27H28N4O2S/c1-29-26(33)24-21-11-4-5-12-22(21)34-25(24)28-27(29)31-15-13-30(14-16-31)23(32)17-19-9-6-8-18-7-2-3-10-20(18)19/h2-3,6-10H,4-5,11-17H2,1H3. The Bertz CT molecular complexity index is 1460. The summed E-state index contributed by atoms with van der Waals surface area (Å²) in [7, 11) is 1.83. The molecule has 0 spiro atoms. The summed E-state index contributed by atoms with van der Waals surface area (Å²) in [6, 6.07) is 14.4. The highest BCUT2D eigenvalue weighted by molar-refractivity contribution is 7.18. The first-order valence-electron chi connectivity index (χ1n) is 12.1. The summed E-state index contributed by atoms with van der Waals surface area (Å²) >= 11 is 1.69. The maximum Gasteiger partial charge on any atom is 0.263 e. The summed E-state index contributed by atoms with van der Waals surface area (Å²) in [6.45, 7) is 2.63. The second-order valence-corrected chi connectivity index (χ2v) is 10.4. The topological polar surface area (TPSA) is 58.4 Å². The number of aryl methyl sites for hydroxylation is 2. The molecule has 1 amide bonds. The van der Waals surface area contributed by atoms with Gasteiger partial charge in [-0.15, -0.1) is 11.3 Å². The molecule has 34 heavy (non-hydrogen) atoms. The predicted octanol–water partition coefficient (Wildman–Crippen LogP) is 3.92. The van der Waals surface area contributed by atoms with Gasteiger partial charge in [0.05, 0.1) is 11.8 Å². The Morgan fingerprint density at radius 2 is 1.76 bits per heavy atom. The number of aromatic nitrogens is 2. The lowest BCUT2D eigenvalue weighted by Gasteiger charge is -2.36. The Morgan fingerprint density at radius 1 is 1.00 bits per heavy atom. The van der Waals surface area contributed by atoms with Gasteiger partial charge in [-0.1, -0.05) is 42.5 Å². The summed E-state index contributed by atoms with van der Waals surface area (Å²) in [5.74, 6) is 0.872. The highest BCUT2D eigenvalue weighted by Crippen LogP contribution is 2.34. The van der Waals surface area contributed by atoms with Crippen molar-refractivity contribution >= 4 is 44.2 Å². The molecule has 6 nitrogen and oxygen atoms in total. The summed E-state index contributed by atoms with van der Waals surface area (Å²) < 4.78 is 1.71. The molecule has 0 unspecified atom stereocenters. The molecule has 174 valence electrons. The quantitative estimate of drug-likeness (QED) is 0.454. The minimum atomic E-state index is 0.0638. The highest BCUT2D eigenvalue weighted by atomic mass is 32.1. The van der Waals surface area contributed by atoms with E-state index in [0.717, 1.165) is 51.8 Å². The minimum absolute atomic E-state index is 0.0638. The number of piperazine rings is 1. The van der Waals surface area contributed by atoms with E-state index < -0.39 is 0 Å². The first-order valence-corrected chi connectivity index (χ1v) is 12.9. The van der Waals surface area contributed by atoms with E-state index in [0.29, 0.717) is 32.6 Å². The third-order valence-corrected chi connectivity index (χ3v) is 8.50. The summed E-state index contributed by atoms with van der Waals surface area (Å²) in [5, 5.41) is 3.13. The number of hydrogen-bond donors (Lipinski definition) is 0. The SMILES string of the molecule is Cn1c(N2CCN(C(=O)Cc3cccc4ccccc34)CC2)nc2sc3c(c2c1=O)CCCC3. The number of nitrogens with zero attached hydrogens (tertiary/aromatic N) is 4. The lowest BCUT2D eigenvalue weighted by molar-refractivity contribution is -0.130. The van der Waals surface area contributed by atoms with Crippen LogP contribution in [0.3, 0.4) is 0 Å². The fraction of sp³-hybridized carbons (Fsp3) is 0.370. The van der Waals surface area contributed by atoms with E-state index in [1.165, 1.54) is 16.9 Å². The fourth-order valence-electron chi connectivity index (χ4n) is 5.44. The molecular formula is C27H28N4O2S. The van der Waals surface area contributed by atoms with Gasteiger partial charge in [-0.05, 0) is 47.6 Å². The molecule has 3 heterocycles. The van der Waals surface area contributed by atoms with Crippen molar-refractivity contribution in [3.8, 4) is 0 Å². The molecule has 0 radical (unpaired) electrons. The smallest absolute Gasteiger partial charge is 0.263 e. The van der Waals surface area contributed by atoms with Crippen LogP contribution in [0.1, 0.15) is 28.8 Å². The number of rotatable bonds is 3. The molecule has 2 aliphatic rings. The lowest BCUT2D eigenvalue weighted by atomic mass is 9.97. The number of fused-ring (bicyclic) bond motifs is 4. The highest BCUT2D eigenvalue weighted by Gasteiger charge is 2.26. The molecule has 0 saturated carbocycles. The fourth-order valence-corrected chi connectivity index (χ4v) is 6.68. The molecule has 0 atom stereocenters. The molecule has 2 aromatic heterocycles. The Labute approximate surface area is 202 Å². The van der Waals surface area contributed by atoms with Gasteiger partial charge in [0.25, 0.3) is 5.56 Å². The first kappa shape index (κ1) is 21.4. The number of amides is 1. The van der Waals surface area contributed by atoms with Crippen molar-refractivity contribution in [2.24, 2.45) is 7.05 Å². The molecule has 1 aliphatic carbocycles. The number of hydrogen-bond acceptors (Lipinski definition) is 5. The molecule has 2 aromatic carbocycles. The van der Waals surface area contributed by atoms with Crippen molar-refractivity contribution < 1.29 is 4.79 Å². The van der Waals surface area contributed by atoms with Crippen molar-refractivity contribution in [2.75, 3.05) is 31.1 Å². The molecule has 0 N–H and O–H groups in total. The molecular weight excluding hydrogens is 444 g/mol. The van der Waals surface area contributed by atoms with E-state index in [1.54, 1.807) is 15.9 Å². The lowest BCUT2D eigenvalue weighted by Crippen LogP contribution is -2.50. The average Bonchev–Trinajstić information content (AvgIpc) is 3.25. The van der Waals surface area contributed by atoms with Crippen LogP contribution in [0.25, 0.3) is 21.0 Å². The van der Waals surface area contributed by atoms with E-state index in [-0.39, 0.29) is 11.5 Å². The average molecular weight is 473 g/mol. The Hall–Kier alpha value is -3.19. The summed E-state index contributed by atoms with van der Waals surface area (Å²) in [4.78, 5) is 37.6. The third-order valence-electron chi connectivity index (χ3n) is 7.31. The van der Waals surface area contributed by atoms with Gasteiger partial charge >= 0.3 is 0 Å². The molecule has 1 fully saturated rings. The summed E-state index contributed by atoms with van der Waals surface area (Å²) in [6.07, 6.45) is 4.81. The van der Waals surface area contributed by atoms with Crippen LogP contribution in [-0.2, 0) is 31.1 Å². The molecule has 6 rings (SSSR count). The van der Waals surface area contributed by atoms with E-state index >= 15 is 0 Å². The van der Waals surface area contributed by atoms with Crippen molar-refractivity contribution in [1.82, 2.24) is 14.5 Å². The van der Waals surface area contributed by atoms with Gasteiger partial charge in [-0.3, -0.25) is 14.2 Å². The van der Waals surface area contributed by atoms with Gasteiger partial charge in [0, 0.05) is 38.1 Å². The molecule has 7 heteroatoms. The van der Waals surface area contributed by atoms with Crippen LogP contribution in [-0.4, -0.2) is 46.5 Å². The van der Waals surface area contributed by atoms with Crippen LogP contribution in [0, 0.1) is 0 Å². The first-order chi connectivity index (χ1) is 16.6. The zero-order valence-electron chi connectivity index (χ0n) is 19.4. The normalized spacial score (nSPS) is 16.3. The van der Waals surface area contributed by atoms with Crippen LogP contribution in [0.2, 0.25) is 0 Å². The van der Waals surface area contributed by atoms with E-state index in [1.807, 2.05) is 36.2 Å². The maximum absolute atomic E-state index is 13.2. The zero-order valence-corrected chi connectivity index (χ0v) is 20.2. The van der Waals surface area contributed by atoms with E-state index in [9.17, 15) is 9.59 Å². The summed E-state index contributed by atoms with van der Waals surface area (Å²) in [5.41, 5.74) is 2.37. The Balaban J connectivity index is 1.20. The molecule has 4 aromatic rings. The number of benzene rings is 2. The number of anilines is 1. The van der Waals surface area contributed by atoms with Gasteiger partial charge in [0.2, 0.25) is 11.9 Å². The largest absolute Gasteiger partial charge is 0.339 e. The van der Waals surface area contributed by atoms with Crippen molar-refractivity contribution in [3.05, 3.63) is 68.8 Å². The van der Waals surface area contributed by atoms with Gasteiger partial charge in [-0.2, -0.15) is 0 Å². The molecule has 1 saturated heterocycles. The van der Waals surface area contributed by atoms with Crippen molar-refractivity contribution in [2.45, 2.75) is 32.1 Å². The second-order valence-electron chi connectivity index (χ2n) is 9.35. The number of carbonyl (C=O) groups is 1. The van der Waals surface area contributed by atoms with Gasteiger partial charge < -0.3 is 9.80 Å². The van der Waals surface area contributed by atoms with Gasteiger partial charge in [0.1, 0.15) is 4.83 Å². The molecule has 0 bridgehead atoms. The van der Waals surface area contributed by atoms with Crippen LogP contribution in [0.5, 0.6) is 0 Å². The van der Waals surface area contributed by atoms with Crippen molar-refractivity contribution in [1.29, 1.82) is 0 Å². The molecule has 1 aliphatic heterocycles. The number of carbonyl (C=O) groups excluding carboxylic acids is 1. The van der Waals surface area contributed by atoms with Crippen LogP contribution in [0.15, 0.2) is 47.3 Å². The van der Waals surface area contributed by atoms with E-state index in [2.05, 4.69) is 23.1 Å². The van der Waals surface area contributed by atoms with Crippen LogP contribution in [0.4, 0.5) is 5.95 Å². The number of thiophene rings is 1. The Kier molecular flexibility index (Phi) is 5.37. The minimum Gasteiger partial charge on any atom is -0.339 e. The monoisotopic (exact) mass is 472 g/mol. The third kappa shape index (κ3) is 3.59. The van der Waals surface area contributed by atoms with Crippen LogP contribution >= 0.6 is 11.3 Å². The van der Waals surface area contributed by atoms with Gasteiger partial charge in [-0.25, -0.2) is 4.98 Å².